The number of piperazine rings is 1. The summed E-state index contributed by atoms with van der Waals surface area (Å²) in [6, 6.07) is 14.9. The maximum Gasteiger partial charge on any atom is 0.207 e. The number of amides is 1. The number of nitrogens with zero attached hydrogens (tertiary/aromatic N) is 3. The maximum atomic E-state index is 10.6. The molecule has 1 aliphatic heterocycles. The number of aliphatic hydroxyl groups excluding tert-OH is 1. The molecule has 2 aromatic rings. The third-order valence-corrected chi connectivity index (χ3v) is 5.84. The Hall–Kier alpha value is -2.32. The maximum absolute atomic E-state index is 10.6. The average Bonchev–Trinajstić information content (AvgIpc) is 2.98. The number of carbonyl (C=O) groups is 1. The van der Waals surface area contributed by atoms with Crippen molar-refractivity contribution in [3.63, 3.8) is 0 Å². The highest BCUT2D eigenvalue weighted by Crippen LogP contribution is 2.11. The predicted octanol–water partition coefficient (Wildman–Crippen LogP) is 5.39. The van der Waals surface area contributed by atoms with Crippen molar-refractivity contribution in [2.24, 2.45) is 0 Å². The van der Waals surface area contributed by atoms with Gasteiger partial charge in [0.1, 0.15) is 0 Å². The number of hydrogen-bond acceptors (Lipinski definition) is 6. The van der Waals surface area contributed by atoms with E-state index in [1.54, 1.807) is 0 Å². The van der Waals surface area contributed by atoms with E-state index in [1.807, 2.05) is 93.9 Å². The molecule has 40 heavy (non-hydrogen) atoms. The van der Waals surface area contributed by atoms with Crippen molar-refractivity contribution in [3.05, 3.63) is 66.0 Å². The Morgan fingerprint density at radius 1 is 0.900 bits per heavy atom. The van der Waals surface area contributed by atoms with Crippen LogP contribution in [-0.4, -0.2) is 83.8 Å². The number of benzene rings is 1. The molecule has 230 valence electrons. The Bertz CT molecular complexity index is 791. The molecule has 1 saturated heterocycles. The number of β-amino-alcohol motifs (C(OH)–C–C–N with tert-alkyl or cyclic N) is 1. The molecule has 7 heteroatoms. The highest BCUT2D eigenvalue weighted by molar-refractivity contribution is 5.47. The number of aliphatic hydroxyl groups is 1. The van der Waals surface area contributed by atoms with Crippen molar-refractivity contribution in [1.82, 2.24) is 25.4 Å². The van der Waals surface area contributed by atoms with Crippen molar-refractivity contribution >= 4 is 6.41 Å². The molecule has 0 saturated carbocycles. The van der Waals surface area contributed by atoms with Crippen molar-refractivity contribution in [2.45, 2.75) is 99.4 Å². The molecule has 0 spiro atoms. The molecule has 1 aromatic carbocycles. The number of nitrogens with one attached hydrogen (secondary N) is 2. The smallest absolute Gasteiger partial charge is 0.207 e. The van der Waals surface area contributed by atoms with E-state index in [-0.39, 0.29) is 11.6 Å². The van der Waals surface area contributed by atoms with Gasteiger partial charge in [0.25, 0.3) is 0 Å². The molecular weight excluding hydrogens is 498 g/mol. The molecule has 0 aliphatic carbocycles. The quantitative estimate of drug-likeness (QED) is 0.339. The second kappa shape index (κ2) is 25.6. The van der Waals surface area contributed by atoms with Crippen LogP contribution in [0.4, 0.5) is 0 Å². The third-order valence-electron chi connectivity index (χ3n) is 5.84. The first kappa shape index (κ1) is 39.8. The van der Waals surface area contributed by atoms with Crippen LogP contribution in [-0.2, 0) is 17.8 Å². The molecule has 1 aliphatic rings. The fraction of sp³-hybridized carbons (Fsp3) is 0.636. The molecule has 1 amide bonds. The van der Waals surface area contributed by atoms with E-state index < -0.39 is 0 Å². The summed E-state index contributed by atoms with van der Waals surface area (Å²) in [7, 11) is 1.98. The molecular formula is C33H61N5O2. The predicted molar refractivity (Wildman–Crippen MR) is 173 cm³/mol. The van der Waals surface area contributed by atoms with Crippen LogP contribution in [0, 0.1) is 0 Å². The van der Waals surface area contributed by atoms with Crippen molar-refractivity contribution in [1.29, 1.82) is 0 Å². The summed E-state index contributed by atoms with van der Waals surface area (Å²) in [6.45, 7) is 23.6. The molecule has 0 bridgehead atoms. The van der Waals surface area contributed by atoms with Gasteiger partial charge >= 0.3 is 0 Å². The van der Waals surface area contributed by atoms with Gasteiger partial charge in [-0.05, 0) is 57.9 Å². The van der Waals surface area contributed by atoms with Crippen LogP contribution in [0.3, 0.4) is 0 Å². The number of likely N-dealkylation sites (N-methyl/N-ethyl adjacent to an activating group) is 1. The van der Waals surface area contributed by atoms with Crippen LogP contribution in [0.5, 0.6) is 0 Å². The molecule has 1 aromatic heterocycles. The molecule has 3 rings (SSSR count). The fourth-order valence-corrected chi connectivity index (χ4v) is 3.96. The fourth-order valence-electron chi connectivity index (χ4n) is 3.96. The Labute approximate surface area is 246 Å². The molecule has 2 heterocycles. The molecule has 1 fully saturated rings. The van der Waals surface area contributed by atoms with Gasteiger partial charge in [0.05, 0.1) is 6.10 Å². The highest BCUT2D eigenvalue weighted by atomic mass is 16.3. The standard InChI is InChI=1S/C22H32N4O.C5H11NO.3C2H6/c1-23-21(14-19-6-3-2-4-7-19)15-22(27)18-26-12-10-25(11-13-26)17-20-8-5-9-24-16-20;1-5(2,3)6-4-7;3*1-2/h2-9,16,21-23,27H,10-15,17-18H2,1H3;4H,1-3H3,(H,6,7);3*1-2H3. The van der Waals surface area contributed by atoms with Crippen molar-refractivity contribution < 1.29 is 9.90 Å². The second-order valence-electron chi connectivity index (χ2n) is 10.0. The summed E-state index contributed by atoms with van der Waals surface area (Å²) >= 11 is 0. The highest BCUT2D eigenvalue weighted by Gasteiger charge is 2.21. The monoisotopic (exact) mass is 559 g/mol. The summed E-state index contributed by atoms with van der Waals surface area (Å²) in [6.07, 6.45) is 5.91. The normalized spacial score (nSPS) is 14.7. The van der Waals surface area contributed by atoms with E-state index in [4.69, 9.17) is 0 Å². The molecule has 0 radical (unpaired) electrons. The average molecular weight is 560 g/mol. The SMILES string of the molecule is CC.CC.CC.CC(C)(C)NC=O.CNC(Cc1ccccc1)CC(O)CN1CCN(Cc2cccnc2)CC1. The number of pyridine rings is 1. The molecule has 7 nitrogen and oxygen atoms in total. The van der Waals surface area contributed by atoms with Gasteiger partial charge in [-0.25, -0.2) is 0 Å². The van der Waals surface area contributed by atoms with E-state index in [0.29, 0.717) is 12.5 Å². The van der Waals surface area contributed by atoms with Crippen molar-refractivity contribution in [2.75, 3.05) is 39.8 Å². The summed E-state index contributed by atoms with van der Waals surface area (Å²) in [4.78, 5) is 18.8. The molecule has 3 N–H and O–H groups in total. The first-order chi connectivity index (χ1) is 19.3. The van der Waals surface area contributed by atoms with Crippen LogP contribution in [0.1, 0.15) is 79.9 Å². The lowest BCUT2D eigenvalue weighted by molar-refractivity contribution is -0.110. The number of aromatic nitrogens is 1. The zero-order chi connectivity index (χ0) is 30.8. The van der Waals surface area contributed by atoms with Gasteiger partial charge < -0.3 is 15.7 Å². The first-order valence-corrected chi connectivity index (χ1v) is 15.2. The van der Waals surface area contributed by atoms with Gasteiger partial charge in [-0.2, -0.15) is 0 Å². The van der Waals surface area contributed by atoms with E-state index in [0.717, 1.165) is 52.1 Å². The minimum atomic E-state index is -0.295. The zero-order valence-corrected chi connectivity index (χ0v) is 27.3. The molecule has 2 atom stereocenters. The third kappa shape index (κ3) is 20.6. The minimum absolute atomic E-state index is 0.0677. The Kier molecular flexibility index (Phi) is 25.5. The number of hydrogen-bond donors (Lipinski definition) is 3. The van der Waals surface area contributed by atoms with Gasteiger partial charge in [-0.3, -0.25) is 19.6 Å². The topological polar surface area (TPSA) is 80.7 Å². The van der Waals surface area contributed by atoms with Gasteiger partial charge in [0.2, 0.25) is 6.41 Å². The summed E-state index contributed by atoms with van der Waals surface area (Å²) in [5.74, 6) is 0. The lowest BCUT2D eigenvalue weighted by Gasteiger charge is -2.36. The zero-order valence-electron chi connectivity index (χ0n) is 27.3. The summed E-state index contributed by atoms with van der Waals surface area (Å²) in [5, 5.41) is 16.5. The summed E-state index contributed by atoms with van der Waals surface area (Å²) in [5.41, 5.74) is 2.51. The lowest BCUT2D eigenvalue weighted by Crippen LogP contribution is -2.48. The van der Waals surface area contributed by atoms with Crippen LogP contribution in [0.2, 0.25) is 0 Å². The van der Waals surface area contributed by atoms with Gasteiger partial charge in [-0.1, -0.05) is 77.9 Å². The Morgan fingerprint density at radius 3 is 1.90 bits per heavy atom. The van der Waals surface area contributed by atoms with Crippen LogP contribution >= 0.6 is 0 Å². The Balaban J connectivity index is 0. The van der Waals surface area contributed by atoms with E-state index in [2.05, 4.69) is 55.7 Å². The number of carbonyl (C=O) groups excluding carboxylic acids is 1. The van der Waals surface area contributed by atoms with E-state index >= 15 is 0 Å². The van der Waals surface area contributed by atoms with Crippen LogP contribution < -0.4 is 10.6 Å². The summed E-state index contributed by atoms with van der Waals surface area (Å²) < 4.78 is 0. The van der Waals surface area contributed by atoms with E-state index in [1.165, 1.54) is 11.1 Å². The van der Waals surface area contributed by atoms with Crippen molar-refractivity contribution in [3.8, 4) is 0 Å². The van der Waals surface area contributed by atoms with Crippen LogP contribution in [0.15, 0.2) is 54.9 Å². The van der Waals surface area contributed by atoms with Gasteiger partial charge in [0.15, 0.2) is 0 Å². The van der Waals surface area contributed by atoms with Gasteiger partial charge in [0, 0.05) is 63.2 Å². The van der Waals surface area contributed by atoms with Crippen LogP contribution in [0.25, 0.3) is 0 Å². The first-order valence-electron chi connectivity index (χ1n) is 15.2. The lowest BCUT2D eigenvalue weighted by atomic mass is 10.0. The van der Waals surface area contributed by atoms with Gasteiger partial charge in [-0.15, -0.1) is 0 Å². The largest absolute Gasteiger partial charge is 0.392 e. The minimum Gasteiger partial charge on any atom is -0.392 e. The molecule has 2 unspecified atom stereocenters. The number of rotatable bonds is 10. The Morgan fingerprint density at radius 2 is 1.45 bits per heavy atom. The van der Waals surface area contributed by atoms with E-state index in [9.17, 15) is 9.90 Å². The second-order valence-corrected chi connectivity index (χ2v) is 10.0.